The normalized spacial score (nSPS) is 13.2. The zero-order chi connectivity index (χ0) is 28.7. The van der Waals surface area contributed by atoms with E-state index in [0.717, 1.165) is 11.5 Å². The molecule has 206 valence electrons. The summed E-state index contributed by atoms with van der Waals surface area (Å²) in [6, 6.07) is 9.05. The van der Waals surface area contributed by atoms with Crippen molar-refractivity contribution in [2.45, 2.75) is 139 Å². The van der Waals surface area contributed by atoms with E-state index in [1.54, 1.807) is 0 Å². The Morgan fingerprint density at radius 1 is 0.514 bits per heavy atom. The van der Waals surface area contributed by atoms with Crippen LogP contribution < -0.4 is 7.58 Å². The molecule has 0 heterocycles. The molecule has 0 amide bonds. The molecule has 0 fully saturated rings. The number of aryl methyl sites for hydroxylation is 2. The molecule has 0 unspecified atom stereocenters. The lowest BCUT2D eigenvalue weighted by atomic mass is 9.78. The van der Waals surface area contributed by atoms with Gasteiger partial charge in [-0.05, 0) is 71.6 Å². The summed E-state index contributed by atoms with van der Waals surface area (Å²) in [5, 5.41) is 0. The zero-order valence-electron chi connectivity index (χ0n) is 26.7. The van der Waals surface area contributed by atoms with Crippen LogP contribution in [-0.2, 0) is 25.4 Å². The summed E-state index contributed by atoms with van der Waals surface area (Å²) >= 11 is -2.68. The molecule has 0 radical (unpaired) electrons. The summed E-state index contributed by atoms with van der Waals surface area (Å²) in [6.45, 7) is 35.4. The lowest BCUT2D eigenvalue weighted by Crippen LogP contribution is -2.39. The lowest BCUT2D eigenvalue weighted by Gasteiger charge is -2.34. The second-order valence-electron chi connectivity index (χ2n) is 15.1. The minimum absolute atomic E-state index is 0.0140. The number of benzene rings is 2. The lowest BCUT2D eigenvalue weighted by molar-refractivity contribution is 0.151. The van der Waals surface area contributed by atoms with E-state index in [4.69, 9.17) is 11.4 Å². The van der Waals surface area contributed by atoms with Crippen LogP contribution in [0.15, 0.2) is 24.3 Å². The highest BCUT2D eigenvalue weighted by molar-refractivity contribution is 6.38. The van der Waals surface area contributed by atoms with Gasteiger partial charge in [-0.2, -0.15) is 0 Å². The number of hydrogen-bond acceptors (Lipinski definition) is 3. The molecule has 4 heteroatoms. The van der Waals surface area contributed by atoms with Crippen molar-refractivity contribution in [2.75, 3.05) is 0 Å². The fourth-order valence-corrected chi connectivity index (χ4v) is 6.02. The fourth-order valence-electron chi connectivity index (χ4n) is 4.52. The van der Waals surface area contributed by atoms with E-state index < -0.39 is 15.1 Å². The average Bonchev–Trinajstić information content (AvgIpc) is 2.66. The Morgan fingerprint density at radius 3 is 0.946 bits per heavy atom. The van der Waals surface area contributed by atoms with Gasteiger partial charge in [-0.25, -0.2) is 0 Å². The smallest absolute Gasteiger partial charge is 0.588 e. The largest absolute Gasteiger partial charge is 1.10 e. The van der Waals surface area contributed by atoms with Crippen molar-refractivity contribution in [1.29, 1.82) is 0 Å². The third-order valence-corrected chi connectivity index (χ3v) is 8.13. The van der Waals surface area contributed by atoms with Crippen molar-refractivity contribution in [1.82, 2.24) is 0 Å². The van der Waals surface area contributed by atoms with Crippen LogP contribution in [0.1, 0.15) is 130 Å². The Hall–Kier alpha value is -1.47. The highest BCUT2D eigenvalue weighted by atomic mass is 27.3. The summed E-state index contributed by atoms with van der Waals surface area (Å²) < 4.78 is 20.4. The Bertz CT molecular complexity index is 933. The molecule has 0 N–H and O–H groups in total. The standard InChI is InChI=1S/2C15H24O.C3H7O.Al/c2*1-10-8-11(14(2,3)4)13(16)12(9-10)15(5,6)7;1-3(2)4;/h2*8-9,16H,1-7H3;3H,1-2H3;/q;;-1;+3/p-2. The first kappa shape index (κ1) is 31.7. The SMILES string of the molecule is Cc1cc(C(C)(C)C)c([O][Al]([O]c2c(C(C)(C)C)cc(C)cc2C(C)(C)C)[O]C(C)C)c(C(C)(C)C)c1. The Kier molecular flexibility index (Phi) is 9.40. The van der Waals surface area contributed by atoms with E-state index >= 15 is 0 Å². The van der Waals surface area contributed by atoms with E-state index in [2.05, 4.69) is 135 Å². The van der Waals surface area contributed by atoms with Crippen molar-refractivity contribution in [3.63, 3.8) is 0 Å². The van der Waals surface area contributed by atoms with E-state index in [9.17, 15) is 0 Å². The molecule has 2 aromatic rings. The van der Waals surface area contributed by atoms with Crippen LogP contribution in [0.5, 0.6) is 11.5 Å². The molecule has 0 bridgehead atoms. The summed E-state index contributed by atoms with van der Waals surface area (Å²) in [5.41, 5.74) is 6.92. The zero-order valence-corrected chi connectivity index (χ0v) is 27.8. The monoisotopic (exact) mass is 524 g/mol. The highest BCUT2D eigenvalue weighted by Crippen LogP contribution is 2.43. The van der Waals surface area contributed by atoms with Crippen LogP contribution in [-0.4, -0.2) is 21.3 Å². The van der Waals surface area contributed by atoms with Gasteiger partial charge >= 0.3 is 15.1 Å². The van der Waals surface area contributed by atoms with Crippen LogP contribution in [0, 0.1) is 13.8 Å². The Balaban J connectivity index is 2.80. The van der Waals surface area contributed by atoms with Crippen molar-refractivity contribution in [2.24, 2.45) is 0 Å². The minimum Gasteiger partial charge on any atom is -0.588 e. The van der Waals surface area contributed by atoms with Gasteiger partial charge in [0.15, 0.2) is 0 Å². The maximum Gasteiger partial charge on any atom is 1.10 e. The molecule has 0 aliphatic carbocycles. The fraction of sp³-hybridized carbons (Fsp3) is 0.636. The number of rotatable bonds is 6. The van der Waals surface area contributed by atoms with Gasteiger partial charge in [0.2, 0.25) is 0 Å². The molecule has 3 nitrogen and oxygen atoms in total. The third kappa shape index (κ3) is 8.26. The first-order valence-electron chi connectivity index (χ1n) is 13.8. The van der Waals surface area contributed by atoms with E-state index in [1.807, 2.05) is 0 Å². The maximum absolute atomic E-state index is 6.96. The molecule has 0 aliphatic heterocycles. The molecule has 0 aromatic heterocycles. The molecule has 2 rings (SSSR count). The Labute approximate surface area is 233 Å². The molecule has 0 saturated carbocycles. The molecule has 0 spiro atoms. The van der Waals surface area contributed by atoms with Crippen molar-refractivity contribution >= 4 is 15.1 Å². The van der Waals surface area contributed by atoms with Gasteiger partial charge in [0, 0.05) is 6.10 Å². The van der Waals surface area contributed by atoms with Crippen LogP contribution in [0.2, 0.25) is 0 Å². The predicted molar refractivity (Wildman–Crippen MR) is 160 cm³/mol. The first-order valence-corrected chi connectivity index (χ1v) is 15.2. The molecule has 0 saturated heterocycles. The summed E-state index contributed by atoms with van der Waals surface area (Å²) in [6.07, 6.45) is -0.0140. The molecule has 0 aliphatic rings. The van der Waals surface area contributed by atoms with E-state index in [0.29, 0.717) is 0 Å². The quantitative estimate of drug-likeness (QED) is 0.352. The van der Waals surface area contributed by atoms with Crippen LogP contribution in [0.4, 0.5) is 0 Å². The van der Waals surface area contributed by atoms with Crippen LogP contribution in [0.3, 0.4) is 0 Å². The average molecular weight is 525 g/mol. The van der Waals surface area contributed by atoms with Crippen LogP contribution >= 0.6 is 0 Å². The second kappa shape index (κ2) is 11.0. The van der Waals surface area contributed by atoms with Crippen molar-refractivity contribution in [3.05, 3.63) is 57.6 Å². The van der Waals surface area contributed by atoms with Gasteiger partial charge in [-0.1, -0.05) is 118 Å². The number of hydrogen-bond donors (Lipinski definition) is 0. The second-order valence-corrected chi connectivity index (χ2v) is 16.4. The summed E-state index contributed by atoms with van der Waals surface area (Å²) in [7, 11) is 0. The predicted octanol–water partition coefficient (Wildman–Crippen LogP) is 9.36. The van der Waals surface area contributed by atoms with Gasteiger partial charge in [0.1, 0.15) is 0 Å². The highest BCUT2D eigenvalue weighted by Gasteiger charge is 2.45. The third-order valence-electron chi connectivity index (χ3n) is 6.51. The summed E-state index contributed by atoms with van der Waals surface area (Å²) in [4.78, 5) is 0. The van der Waals surface area contributed by atoms with Gasteiger partial charge in [0.05, 0.1) is 11.5 Å². The van der Waals surface area contributed by atoms with Crippen LogP contribution in [0.25, 0.3) is 0 Å². The van der Waals surface area contributed by atoms with Gasteiger partial charge in [-0.15, -0.1) is 0 Å². The topological polar surface area (TPSA) is 27.7 Å². The molecular weight excluding hydrogens is 471 g/mol. The molecular formula is C33H53AlO3. The maximum atomic E-state index is 6.96. The van der Waals surface area contributed by atoms with Crippen molar-refractivity contribution in [3.8, 4) is 11.5 Å². The van der Waals surface area contributed by atoms with E-state index in [-0.39, 0.29) is 27.8 Å². The van der Waals surface area contributed by atoms with Gasteiger partial charge < -0.3 is 11.4 Å². The van der Waals surface area contributed by atoms with Gasteiger partial charge in [0.25, 0.3) is 0 Å². The van der Waals surface area contributed by atoms with Crippen molar-refractivity contribution < 1.29 is 11.4 Å². The minimum atomic E-state index is -2.68. The van der Waals surface area contributed by atoms with E-state index in [1.165, 1.54) is 33.4 Å². The first-order chi connectivity index (χ1) is 16.5. The molecule has 0 atom stereocenters. The molecule has 2 aromatic carbocycles. The summed E-state index contributed by atoms with van der Waals surface area (Å²) in [5.74, 6) is 1.84. The molecule has 37 heavy (non-hydrogen) atoms. The Morgan fingerprint density at radius 2 is 0.757 bits per heavy atom. The van der Waals surface area contributed by atoms with Gasteiger partial charge in [-0.3, -0.25) is 0 Å².